The highest BCUT2D eigenvalue weighted by molar-refractivity contribution is 5.55. The van der Waals surface area contributed by atoms with Gasteiger partial charge in [-0.1, -0.05) is 0 Å². The maximum Gasteiger partial charge on any atom is 0.170 e. The first-order valence-electron chi connectivity index (χ1n) is 6.49. The number of pyridine rings is 1. The van der Waals surface area contributed by atoms with Crippen LogP contribution in [-0.4, -0.2) is 20.3 Å². The number of rotatable bonds is 4. The fourth-order valence-corrected chi connectivity index (χ4v) is 1.69. The van der Waals surface area contributed by atoms with Crippen LogP contribution in [0.2, 0.25) is 0 Å². The highest BCUT2D eigenvalue weighted by atomic mass is 19.1. The third-order valence-corrected chi connectivity index (χ3v) is 2.75. The highest BCUT2D eigenvalue weighted by Gasteiger charge is 2.13. The second-order valence-electron chi connectivity index (χ2n) is 5.76. The predicted octanol–water partition coefficient (Wildman–Crippen LogP) is 2.59. The summed E-state index contributed by atoms with van der Waals surface area (Å²) in [6, 6.07) is 1.68. The molecular formula is C14H20FN5. The smallest absolute Gasteiger partial charge is 0.170 e. The molecular weight excluding hydrogens is 257 g/mol. The Hall–Kier alpha value is -1.95. The fourth-order valence-electron chi connectivity index (χ4n) is 1.69. The summed E-state index contributed by atoms with van der Waals surface area (Å²) in [5, 5.41) is 10.2. The molecule has 0 saturated heterocycles. The summed E-state index contributed by atoms with van der Waals surface area (Å²) in [4.78, 5) is 4.04. The lowest BCUT2D eigenvalue weighted by atomic mass is 10.1. The van der Waals surface area contributed by atoms with E-state index >= 15 is 0 Å². The van der Waals surface area contributed by atoms with Crippen LogP contribution in [0.1, 0.15) is 26.3 Å². The van der Waals surface area contributed by atoms with Crippen molar-refractivity contribution in [2.24, 2.45) is 7.05 Å². The van der Waals surface area contributed by atoms with E-state index in [4.69, 9.17) is 0 Å². The van der Waals surface area contributed by atoms with E-state index in [-0.39, 0.29) is 17.2 Å². The molecule has 0 spiro atoms. The minimum atomic E-state index is -0.340. The number of hydrogen-bond donors (Lipinski definition) is 2. The zero-order valence-electron chi connectivity index (χ0n) is 12.2. The topological polar surface area (TPSA) is 54.8 Å². The second-order valence-corrected chi connectivity index (χ2v) is 5.76. The summed E-state index contributed by atoms with van der Waals surface area (Å²) in [7, 11) is 1.80. The van der Waals surface area contributed by atoms with E-state index in [0.717, 1.165) is 0 Å². The van der Waals surface area contributed by atoms with Gasteiger partial charge in [0.15, 0.2) is 11.6 Å². The Morgan fingerprint density at radius 1 is 1.35 bits per heavy atom. The van der Waals surface area contributed by atoms with Crippen molar-refractivity contribution in [1.29, 1.82) is 0 Å². The number of anilines is 2. The van der Waals surface area contributed by atoms with Crippen LogP contribution in [0.3, 0.4) is 0 Å². The lowest BCUT2D eigenvalue weighted by molar-refractivity contribution is 0.418. The number of nitrogens with one attached hydrogen (secondary N) is 2. The van der Waals surface area contributed by atoms with E-state index in [0.29, 0.717) is 17.8 Å². The molecule has 0 amide bonds. The van der Waals surface area contributed by atoms with Gasteiger partial charge in [-0.2, -0.15) is 5.10 Å². The van der Waals surface area contributed by atoms with Gasteiger partial charge in [0, 0.05) is 37.1 Å². The number of nitrogens with zero attached hydrogens (tertiary/aromatic N) is 3. The zero-order chi connectivity index (χ0) is 14.8. The monoisotopic (exact) mass is 277 g/mol. The Morgan fingerprint density at radius 2 is 2.10 bits per heavy atom. The number of hydrogen-bond acceptors (Lipinski definition) is 4. The molecule has 2 N–H and O–H groups in total. The predicted molar refractivity (Wildman–Crippen MR) is 77.3 cm³/mol. The number of halogens is 1. The molecule has 2 heterocycles. The molecule has 5 nitrogen and oxygen atoms in total. The minimum absolute atomic E-state index is 0.0628. The second kappa shape index (κ2) is 5.58. The summed E-state index contributed by atoms with van der Waals surface area (Å²) in [5.41, 5.74) is 1.23. The van der Waals surface area contributed by atoms with E-state index in [1.54, 1.807) is 36.4 Å². The van der Waals surface area contributed by atoms with Gasteiger partial charge in [-0.25, -0.2) is 9.37 Å². The summed E-state index contributed by atoms with van der Waals surface area (Å²) in [6.07, 6.45) is 4.99. The molecule has 0 aliphatic carbocycles. The van der Waals surface area contributed by atoms with E-state index in [9.17, 15) is 4.39 Å². The Bertz CT molecular complexity index is 585. The molecule has 2 aromatic heterocycles. The third kappa shape index (κ3) is 3.77. The lowest BCUT2D eigenvalue weighted by Gasteiger charge is -2.21. The van der Waals surface area contributed by atoms with Gasteiger partial charge in [-0.3, -0.25) is 4.68 Å². The molecule has 0 atom stereocenters. The molecule has 6 heteroatoms. The minimum Gasteiger partial charge on any atom is -0.335 e. The normalized spacial score (nSPS) is 11.7. The first-order chi connectivity index (χ1) is 9.35. The van der Waals surface area contributed by atoms with Crippen molar-refractivity contribution in [2.45, 2.75) is 32.9 Å². The SMILES string of the molecule is Cn1cc(Nc2nccc(CNC(C)(C)C)c2F)cn1. The van der Waals surface area contributed by atoms with Crippen molar-refractivity contribution in [2.75, 3.05) is 5.32 Å². The summed E-state index contributed by atoms with van der Waals surface area (Å²) >= 11 is 0. The number of aromatic nitrogens is 3. The van der Waals surface area contributed by atoms with Gasteiger partial charge >= 0.3 is 0 Å². The molecule has 0 aromatic carbocycles. The van der Waals surface area contributed by atoms with Crippen LogP contribution in [0, 0.1) is 5.82 Å². The molecule has 0 fully saturated rings. The van der Waals surface area contributed by atoms with Gasteiger partial charge in [0.05, 0.1) is 11.9 Å². The maximum atomic E-state index is 14.3. The van der Waals surface area contributed by atoms with Gasteiger partial charge < -0.3 is 10.6 Å². The van der Waals surface area contributed by atoms with Gasteiger partial charge in [0.1, 0.15) is 0 Å². The van der Waals surface area contributed by atoms with Gasteiger partial charge in [-0.15, -0.1) is 0 Å². The van der Waals surface area contributed by atoms with Crippen LogP contribution < -0.4 is 10.6 Å². The molecule has 108 valence electrons. The van der Waals surface area contributed by atoms with Crippen molar-refractivity contribution in [3.63, 3.8) is 0 Å². The quantitative estimate of drug-likeness (QED) is 0.902. The standard InChI is InChI=1S/C14H20FN5/c1-14(2,3)17-7-10-5-6-16-13(12(10)15)19-11-8-18-20(4)9-11/h5-6,8-9,17H,7H2,1-4H3,(H,16,19). The van der Waals surface area contributed by atoms with Crippen molar-refractivity contribution in [3.05, 3.63) is 36.0 Å². The van der Waals surface area contributed by atoms with Crippen molar-refractivity contribution in [3.8, 4) is 0 Å². The van der Waals surface area contributed by atoms with Crippen LogP contribution in [0.25, 0.3) is 0 Å². The molecule has 0 radical (unpaired) electrons. The Labute approximate surface area is 118 Å². The molecule has 20 heavy (non-hydrogen) atoms. The molecule has 0 aliphatic heterocycles. The molecule has 2 rings (SSSR count). The van der Waals surface area contributed by atoms with Crippen molar-refractivity contribution < 1.29 is 4.39 Å². The van der Waals surface area contributed by atoms with Crippen LogP contribution in [0.15, 0.2) is 24.7 Å². The van der Waals surface area contributed by atoms with Crippen LogP contribution in [0.5, 0.6) is 0 Å². The first-order valence-corrected chi connectivity index (χ1v) is 6.49. The maximum absolute atomic E-state index is 14.3. The molecule has 0 unspecified atom stereocenters. The fraction of sp³-hybridized carbons (Fsp3) is 0.429. The van der Waals surface area contributed by atoms with Crippen molar-refractivity contribution in [1.82, 2.24) is 20.1 Å². The highest BCUT2D eigenvalue weighted by Crippen LogP contribution is 2.20. The summed E-state index contributed by atoms with van der Waals surface area (Å²) in [5.74, 6) is -0.126. The van der Waals surface area contributed by atoms with Gasteiger partial charge in [0.2, 0.25) is 0 Å². The van der Waals surface area contributed by atoms with E-state index in [1.165, 1.54) is 0 Å². The van der Waals surface area contributed by atoms with Crippen molar-refractivity contribution >= 4 is 11.5 Å². The van der Waals surface area contributed by atoms with Crippen LogP contribution >= 0.6 is 0 Å². The largest absolute Gasteiger partial charge is 0.335 e. The van der Waals surface area contributed by atoms with E-state index in [1.807, 2.05) is 20.8 Å². The Morgan fingerprint density at radius 3 is 2.70 bits per heavy atom. The molecule has 0 bridgehead atoms. The third-order valence-electron chi connectivity index (χ3n) is 2.75. The average Bonchev–Trinajstić information content (AvgIpc) is 2.75. The Balaban J connectivity index is 2.14. The van der Waals surface area contributed by atoms with E-state index in [2.05, 4.69) is 20.7 Å². The molecule has 0 saturated carbocycles. The van der Waals surface area contributed by atoms with Gasteiger partial charge in [0.25, 0.3) is 0 Å². The van der Waals surface area contributed by atoms with E-state index < -0.39 is 0 Å². The lowest BCUT2D eigenvalue weighted by Crippen LogP contribution is -2.35. The molecule has 0 aliphatic rings. The van der Waals surface area contributed by atoms with Crippen LogP contribution in [0.4, 0.5) is 15.9 Å². The Kier molecular flexibility index (Phi) is 4.04. The zero-order valence-corrected chi connectivity index (χ0v) is 12.2. The summed E-state index contributed by atoms with van der Waals surface area (Å²) in [6.45, 7) is 6.59. The number of aryl methyl sites for hydroxylation is 1. The molecule has 2 aromatic rings. The summed E-state index contributed by atoms with van der Waals surface area (Å²) < 4.78 is 16.0. The van der Waals surface area contributed by atoms with Gasteiger partial charge in [-0.05, 0) is 26.8 Å². The first kappa shape index (κ1) is 14.5. The average molecular weight is 277 g/mol. The van der Waals surface area contributed by atoms with Crippen LogP contribution in [-0.2, 0) is 13.6 Å².